The first-order valence-corrected chi connectivity index (χ1v) is 10.1. The summed E-state index contributed by atoms with van der Waals surface area (Å²) in [4.78, 5) is 23.8. The number of carboxylic acids is 1. The van der Waals surface area contributed by atoms with Crippen LogP contribution in [0.15, 0.2) is 11.4 Å². The number of carbonyl (C=O) groups excluding carboxylic acids is 1. The summed E-state index contributed by atoms with van der Waals surface area (Å²) in [7, 11) is 0. The smallest absolute Gasteiger partial charge is 0.336 e. The van der Waals surface area contributed by atoms with Gasteiger partial charge in [-0.25, -0.2) is 13.6 Å². The number of hydrogen-bond donors (Lipinski definition) is 3. The van der Waals surface area contributed by atoms with Crippen molar-refractivity contribution in [2.24, 2.45) is 34.5 Å². The van der Waals surface area contributed by atoms with E-state index in [0.29, 0.717) is 6.42 Å². The highest BCUT2D eigenvalue weighted by molar-refractivity contribution is 5.95. The third-order valence-corrected chi connectivity index (χ3v) is 8.86. The number of fused-ring (bicyclic) bond motifs is 5. The zero-order chi connectivity index (χ0) is 20.8. The fraction of sp³-hybridized carbons (Fsp3) is 0.810. The van der Waals surface area contributed by atoms with E-state index in [1.165, 1.54) is 0 Å². The first-order valence-electron chi connectivity index (χ1n) is 10.1. The molecule has 3 fully saturated rings. The molecular weight excluding hydrogens is 370 g/mol. The topological polar surface area (TPSA) is 94.8 Å². The van der Waals surface area contributed by atoms with E-state index in [2.05, 4.69) is 0 Å². The van der Waals surface area contributed by atoms with Crippen molar-refractivity contribution in [3.8, 4) is 0 Å². The second-order valence-electron chi connectivity index (χ2n) is 9.96. The number of carbonyl (C=O) groups is 2. The molecule has 7 heteroatoms. The van der Waals surface area contributed by atoms with Crippen LogP contribution in [0.2, 0.25) is 0 Å². The Morgan fingerprint density at radius 3 is 2.50 bits per heavy atom. The van der Waals surface area contributed by atoms with Gasteiger partial charge in [0.15, 0.2) is 17.2 Å². The maximum atomic E-state index is 15.2. The molecule has 4 rings (SSSR count). The van der Waals surface area contributed by atoms with E-state index in [1.54, 1.807) is 20.8 Å². The van der Waals surface area contributed by atoms with Crippen molar-refractivity contribution in [1.82, 2.24) is 0 Å². The highest BCUT2D eigenvalue weighted by Gasteiger charge is 2.72. The van der Waals surface area contributed by atoms with Crippen LogP contribution in [-0.4, -0.2) is 44.9 Å². The first kappa shape index (κ1) is 20.0. The van der Waals surface area contributed by atoms with E-state index >= 15 is 4.39 Å². The van der Waals surface area contributed by atoms with E-state index in [9.17, 15) is 29.3 Å². The molecule has 156 valence electrons. The molecule has 0 radical (unpaired) electrons. The van der Waals surface area contributed by atoms with Gasteiger partial charge in [0.2, 0.25) is 0 Å². The van der Waals surface area contributed by atoms with Crippen molar-refractivity contribution in [3.63, 3.8) is 0 Å². The van der Waals surface area contributed by atoms with Gasteiger partial charge in [0.05, 0.1) is 6.10 Å². The highest BCUT2D eigenvalue weighted by atomic mass is 19.1. The van der Waals surface area contributed by atoms with Gasteiger partial charge in [-0.1, -0.05) is 20.8 Å². The molecule has 0 aromatic rings. The monoisotopic (exact) mass is 398 g/mol. The zero-order valence-electron chi connectivity index (χ0n) is 16.4. The van der Waals surface area contributed by atoms with Crippen molar-refractivity contribution in [2.75, 3.05) is 0 Å². The Bertz CT molecular complexity index is 781. The van der Waals surface area contributed by atoms with Gasteiger partial charge in [0.1, 0.15) is 6.17 Å². The molecule has 3 saturated carbocycles. The van der Waals surface area contributed by atoms with Crippen molar-refractivity contribution in [3.05, 3.63) is 11.4 Å². The van der Waals surface area contributed by atoms with Crippen LogP contribution in [0.3, 0.4) is 0 Å². The van der Waals surface area contributed by atoms with Gasteiger partial charge in [-0.05, 0) is 49.4 Å². The van der Waals surface area contributed by atoms with Gasteiger partial charge >= 0.3 is 5.97 Å². The second-order valence-corrected chi connectivity index (χ2v) is 9.96. The quantitative estimate of drug-likeness (QED) is 0.631. The summed E-state index contributed by atoms with van der Waals surface area (Å²) in [6.45, 7) is 5.09. The highest BCUT2D eigenvalue weighted by Crippen LogP contribution is 2.69. The Hall–Kier alpha value is -1.34. The average molecular weight is 398 g/mol. The third-order valence-electron chi connectivity index (χ3n) is 8.86. The predicted octanol–water partition coefficient (Wildman–Crippen LogP) is 2.80. The Morgan fingerprint density at radius 2 is 1.89 bits per heavy atom. The van der Waals surface area contributed by atoms with Crippen LogP contribution in [0.4, 0.5) is 8.78 Å². The molecule has 0 bridgehead atoms. The lowest BCUT2D eigenvalue weighted by Crippen LogP contribution is -2.63. The Morgan fingerprint density at radius 1 is 1.25 bits per heavy atom. The standard InChI is InChI=1S/C21H28F2O5/c1-9-6-11-10-7-12(22)16-17(23)13(24)4-5-19(16,2)15(10)14(25)8-20(11,3)21(9,28)18(26)27/h9-12,14-15,25,28H,4-8H2,1-3H3,(H,26,27)/t9-,10+,11+,12+,14+,15-,19-,20+,21+/m1/s1. The van der Waals surface area contributed by atoms with Crippen LogP contribution in [0.25, 0.3) is 0 Å². The van der Waals surface area contributed by atoms with E-state index in [0.717, 1.165) is 0 Å². The molecule has 0 saturated heterocycles. The number of aliphatic hydroxyl groups excluding tert-OH is 1. The van der Waals surface area contributed by atoms with Crippen LogP contribution < -0.4 is 0 Å². The van der Waals surface area contributed by atoms with E-state index in [4.69, 9.17) is 0 Å². The summed E-state index contributed by atoms with van der Waals surface area (Å²) < 4.78 is 29.8. The number of allylic oxidation sites excluding steroid dienone is 1. The molecule has 4 aliphatic rings. The summed E-state index contributed by atoms with van der Waals surface area (Å²) in [5.74, 6) is -4.68. The maximum Gasteiger partial charge on any atom is 0.336 e. The molecule has 0 unspecified atom stereocenters. The van der Waals surface area contributed by atoms with E-state index in [-0.39, 0.29) is 43.1 Å². The van der Waals surface area contributed by atoms with Crippen LogP contribution >= 0.6 is 0 Å². The van der Waals surface area contributed by atoms with Crippen molar-refractivity contribution in [2.45, 2.75) is 70.8 Å². The van der Waals surface area contributed by atoms with Gasteiger partial charge in [0, 0.05) is 22.8 Å². The van der Waals surface area contributed by atoms with E-state index < -0.39 is 58.1 Å². The first-order chi connectivity index (χ1) is 12.9. The number of rotatable bonds is 1. The summed E-state index contributed by atoms with van der Waals surface area (Å²) in [6.07, 6.45) is -1.98. The van der Waals surface area contributed by atoms with Gasteiger partial charge in [-0.15, -0.1) is 0 Å². The molecule has 4 aliphatic carbocycles. The van der Waals surface area contributed by atoms with Gasteiger partial charge in [-0.2, -0.15) is 0 Å². The molecule has 0 aromatic heterocycles. The Balaban J connectivity index is 1.83. The minimum Gasteiger partial charge on any atom is -0.479 e. The minimum atomic E-state index is -2.00. The zero-order valence-corrected chi connectivity index (χ0v) is 16.4. The van der Waals surface area contributed by atoms with E-state index in [1.807, 2.05) is 0 Å². The number of alkyl halides is 1. The lowest BCUT2D eigenvalue weighted by molar-refractivity contribution is -0.201. The number of Topliss-reactive ketones (excluding diaryl/α,β-unsaturated/α-hetero) is 1. The number of ketones is 1. The molecule has 0 aliphatic heterocycles. The summed E-state index contributed by atoms with van der Waals surface area (Å²) in [5.41, 5.74) is -4.19. The van der Waals surface area contributed by atoms with Crippen molar-refractivity contribution in [1.29, 1.82) is 0 Å². The minimum absolute atomic E-state index is 0.0219. The average Bonchev–Trinajstić information content (AvgIpc) is 2.79. The maximum absolute atomic E-state index is 15.2. The number of aliphatic hydroxyl groups is 2. The SMILES string of the molecule is C[C@@H]1C[C@H]2[C@@H]3C[C@H](F)C4=C(F)C(=O)CC[C@]4(C)[C@H]3[C@@H](O)C[C@]2(C)[C@@]1(O)C(=O)O. The normalized spacial score (nSPS) is 53.5. The lowest BCUT2D eigenvalue weighted by Gasteiger charge is -2.60. The third kappa shape index (κ3) is 2.12. The van der Waals surface area contributed by atoms with Gasteiger partial charge in [-0.3, -0.25) is 4.79 Å². The Labute approximate surface area is 162 Å². The fourth-order valence-corrected chi connectivity index (χ4v) is 7.59. The van der Waals surface area contributed by atoms with Gasteiger partial charge in [0.25, 0.3) is 0 Å². The van der Waals surface area contributed by atoms with Crippen LogP contribution in [0, 0.1) is 34.5 Å². The molecule has 0 amide bonds. The molecule has 0 spiro atoms. The number of aliphatic carboxylic acids is 1. The molecule has 9 atom stereocenters. The fourth-order valence-electron chi connectivity index (χ4n) is 7.59. The van der Waals surface area contributed by atoms with Crippen molar-refractivity contribution >= 4 is 11.8 Å². The Kier molecular flexibility index (Phi) is 4.17. The molecule has 0 heterocycles. The van der Waals surface area contributed by atoms with Crippen LogP contribution in [-0.2, 0) is 9.59 Å². The molecular formula is C21H28F2O5. The molecule has 0 aromatic carbocycles. The van der Waals surface area contributed by atoms with Crippen LogP contribution in [0.5, 0.6) is 0 Å². The second kappa shape index (κ2) is 5.85. The summed E-state index contributed by atoms with van der Waals surface area (Å²) in [5, 5.41) is 32.0. The number of halogens is 2. The summed E-state index contributed by atoms with van der Waals surface area (Å²) in [6, 6.07) is 0. The number of carboxylic acid groups (broad SMARTS) is 1. The number of hydrogen-bond acceptors (Lipinski definition) is 4. The van der Waals surface area contributed by atoms with Gasteiger partial charge < -0.3 is 15.3 Å². The largest absolute Gasteiger partial charge is 0.479 e. The van der Waals surface area contributed by atoms with Crippen LogP contribution in [0.1, 0.15) is 52.9 Å². The van der Waals surface area contributed by atoms with Crippen molar-refractivity contribution < 1.29 is 33.7 Å². The summed E-state index contributed by atoms with van der Waals surface area (Å²) >= 11 is 0. The molecule has 28 heavy (non-hydrogen) atoms. The molecule has 3 N–H and O–H groups in total. The lowest BCUT2D eigenvalue weighted by atomic mass is 9.45. The predicted molar refractivity (Wildman–Crippen MR) is 95.6 cm³/mol. The molecule has 5 nitrogen and oxygen atoms in total.